The largest absolute Gasteiger partial charge is 0.487 e. The van der Waals surface area contributed by atoms with Crippen LogP contribution in [0.15, 0.2) is 88.6 Å². The molecule has 43 heavy (non-hydrogen) atoms. The van der Waals surface area contributed by atoms with Crippen molar-refractivity contribution in [2.24, 2.45) is 0 Å². The SMILES string of the molecule is CCOc1ccc(-c2nn(-c3ccccc3)cc2/C=c2\sc3nc(=O)c(Cc4ccc(C)cc4)nn3c2=O)cc1[N+](=O)[O-]. The molecule has 0 saturated carbocycles. The van der Waals surface area contributed by atoms with Gasteiger partial charge in [-0.25, -0.2) is 4.68 Å². The molecule has 0 unspecified atom stereocenters. The van der Waals surface area contributed by atoms with Crippen molar-refractivity contribution in [2.45, 2.75) is 20.3 Å². The number of aryl methyl sites for hydroxylation is 1. The number of thiazole rings is 1. The van der Waals surface area contributed by atoms with Crippen molar-refractivity contribution < 1.29 is 9.66 Å². The van der Waals surface area contributed by atoms with E-state index in [4.69, 9.17) is 9.84 Å². The number of nitrogens with zero attached hydrogens (tertiary/aromatic N) is 6. The molecular weight excluding hydrogens is 568 g/mol. The highest BCUT2D eigenvalue weighted by atomic mass is 32.1. The summed E-state index contributed by atoms with van der Waals surface area (Å²) in [6, 6.07) is 21.7. The molecule has 0 atom stereocenters. The van der Waals surface area contributed by atoms with E-state index in [0.29, 0.717) is 16.8 Å². The molecule has 6 rings (SSSR count). The van der Waals surface area contributed by atoms with Crippen LogP contribution in [-0.2, 0) is 6.42 Å². The van der Waals surface area contributed by atoms with Crippen LogP contribution in [0.4, 0.5) is 5.69 Å². The van der Waals surface area contributed by atoms with Crippen LogP contribution in [0.2, 0.25) is 0 Å². The molecule has 0 fully saturated rings. The quantitative estimate of drug-likeness (QED) is 0.190. The lowest BCUT2D eigenvalue weighted by atomic mass is 10.1. The fraction of sp³-hybridized carbons (Fsp3) is 0.129. The Bertz CT molecular complexity index is 2150. The average Bonchev–Trinajstić information content (AvgIpc) is 3.56. The van der Waals surface area contributed by atoms with Gasteiger partial charge < -0.3 is 4.74 Å². The predicted molar refractivity (Wildman–Crippen MR) is 163 cm³/mol. The average molecular weight is 593 g/mol. The lowest BCUT2D eigenvalue weighted by Gasteiger charge is -2.06. The smallest absolute Gasteiger partial charge is 0.311 e. The highest BCUT2D eigenvalue weighted by Crippen LogP contribution is 2.33. The van der Waals surface area contributed by atoms with Crippen LogP contribution in [-0.4, -0.2) is 35.9 Å². The predicted octanol–water partition coefficient (Wildman–Crippen LogP) is 4.12. The molecular formula is C31H24N6O5S. The molecule has 0 aliphatic rings. The van der Waals surface area contributed by atoms with Crippen molar-refractivity contribution in [3.8, 4) is 22.7 Å². The normalized spacial score (nSPS) is 11.7. The van der Waals surface area contributed by atoms with Gasteiger partial charge in [0.25, 0.3) is 11.1 Å². The van der Waals surface area contributed by atoms with Crippen LogP contribution in [0.25, 0.3) is 28.0 Å². The molecule has 0 aliphatic carbocycles. The first-order valence-corrected chi connectivity index (χ1v) is 14.2. The molecule has 3 aromatic heterocycles. The van der Waals surface area contributed by atoms with Crippen LogP contribution in [0, 0.1) is 17.0 Å². The molecule has 6 aromatic rings. The van der Waals surface area contributed by atoms with E-state index >= 15 is 0 Å². The summed E-state index contributed by atoms with van der Waals surface area (Å²) in [6.07, 6.45) is 3.62. The van der Waals surface area contributed by atoms with Gasteiger partial charge in [0, 0.05) is 29.8 Å². The Balaban J connectivity index is 1.49. The molecule has 11 nitrogen and oxygen atoms in total. The number of aromatic nitrogens is 5. The second kappa shape index (κ2) is 11.4. The zero-order valence-electron chi connectivity index (χ0n) is 23.1. The van der Waals surface area contributed by atoms with Crippen molar-refractivity contribution >= 4 is 28.1 Å². The Hall–Kier alpha value is -5.49. The third-order valence-corrected chi connectivity index (χ3v) is 7.68. The minimum Gasteiger partial charge on any atom is -0.487 e. The Morgan fingerprint density at radius 1 is 1.02 bits per heavy atom. The molecule has 0 aliphatic heterocycles. The third kappa shape index (κ3) is 5.55. The fourth-order valence-electron chi connectivity index (χ4n) is 4.61. The number of ether oxygens (including phenoxy) is 1. The lowest BCUT2D eigenvalue weighted by molar-refractivity contribution is -0.385. The number of nitro benzene ring substituents is 1. The van der Waals surface area contributed by atoms with E-state index in [2.05, 4.69) is 10.1 Å². The first kappa shape index (κ1) is 27.7. The maximum atomic E-state index is 13.5. The van der Waals surface area contributed by atoms with Crippen LogP contribution >= 0.6 is 11.3 Å². The van der Waals surface area contributed by atoms with Gasteiger partial charge in [-0.05, 0) is 49.8 Å². The van der Waals surface area contributed by atoms with Gasteiger partial charge in [0.05, 0.1) is 21.7 Å². The van der Waals surface area contributed by atoms with Crippen molar-refractivity contribution in [1.29, 1.82) is 0 Å². The van der Waals surface area contributed by atoms with E-state index < -0.39 is 16.0 Å². The summed E-state index contributed by atoms with van der Waals surface area (Å²) in [7, 11) is 0. The number of fused-ring (bicyclic) bond motifs is 1. The number of benzene rings is 3. The fourth-order valence-corrected chi connectivity index (χ4v) is 5.50. The van der Waals surface area contributed by atoms with Gasteiger partial charge >= 0.3 is 5.69 Å². The van der Waals surface area contributed by atoms with E-state index in [1.165, 1.54) is 12.1 Å². The van der Waals surface area contributed by atoms with Gasteiger partial charge in [0.1, 0.15) is 11.4 Å². The molecule has 0 bridgehead atoms. The number of hydrogen-bond donors (Lipinski definition) is 0. The van der Waals surface area contributed by atoms with Crippen molar-refractivity contribution in [3.05, 3.63) is 137 Å². The Morgan fingerprint density at radius 3 is 2.51 bits per heavy atom. The summed E-state index contributed by atoms with van der Waals surface area (Å²) in [6.45, 7) is 4.00. The van der Waals surface area contributed by atoms with Gasteiger partial charge in [-0.1, -0.05) is 59.4 Å². The second-order valence-corrected chi connectivity index (χ2v) is 10.7. The lowest BCUT2D eigenvalue weighted by Crippen LogP contribution is -2.28. The summed E-state index contributed by atoms with van der Waals surface area (Å²) in [5.74, 6) is 0.152. The number of rotatable bonds is 8. The molecule has 12 heteroatoms. The number of hydrogen-bond acceptors (Lipinski definition) is 9. The summed E-state index contributed by atoms with van der Waals surface area (Å²) in [4.78, 5) is 41.9. The summed E-state index contributed by atoms with van der Waals surface area (Å²) in [5.41, 5.74) is 3.21. The van der Waals surface area contributed by atoms with Crippen molar-refractivity contribution in [2.75, 3.05) is 6.61 Å². The standard InChI is InChI=1S/C31H24N6O5S/c1-3-42-26-14-13-21(16-25(26)37(40)41)28-22(18-35(34-28)23-7-5-4-6-8-23)17-27-30(39)36-31(43-27)32-29(38)24(33-36)15-20-11-9-19(2)10-12-20/h4-14,16-18H,3,15H2,1-2H3/b27-17-. The van der Waals surface area contributed by atoms with Gasteiger partial charge in [-0.3, -0.25) is 19.7 Å². The van der Waals surface area contributed by atoms with Crippen molar-refractivity contribution in [1.82, 2.24) is 24.4 Å². The molecule has 0 spiro atoms. The molecule has 0 N–H and O–H groups in total. The topological polar surface area (TPSA) is 135 Å². The molecule has 3 heterocycles. The molecule has 0 amide bonds. The van der Waals surface area contributed by atoms with Crippen LogP contribution in [0.1, 0.15) is 29.3 Å². The maximum absolute atomic E-state index is 13.5. The summed E-state index contributed by atoms with van der Waals surface area (Å²) in [5, 5.41) is 20.9. The minimum absolute atomic E-state index is 0.152. The Kier molecular flexibility index (Phi) is 7.34. The zero-order valence-corrected chi connectivity index (χ0v) is 23.9. The first-order valence-electron chi connectivity index (χ1n) is 13.4. The van der Waals surface area contributed by atoms with Crippen LogP contribution in [0.3, 0.4) is 0 Å². The van der Waals surface area contributed by atoms with E-state index in [0.717, 1.165) is 32.7 Å². The summed E-state index contributed by atoms with van der Waals surface area (Å²) >= 11 is 1.03. The second-order valence-electron chi connectivity index (χ2n) is 9.72. The van der Waals surface area contributed by atoms with Gasteiger partial charge in [0.15, 0.2) is 5.75 Å². The van der Waals surface area contributed by atoms with E-state index in [-0.39, 0.29) is 39.7 Å². The Labute approximate surface area is 248 Å². The molecule has 0 radical (unpaired) electrons. The third-order valence-electron chi connectivity index (χ3n) is 6.72. The number of para-hydroxylation sites is 1. The zero-order chi connectivity index (χ0) is 30.1. The minimum atomic E-state index is -0.503. The monoisotopic (exact) mass is 592 g/mol. The van der Waals surface area contributed by atoms with E-state index in [1.807, 2.05) is 61.5 Å². The van der Waals surface area contributed by atoms with E-state index in [1.54, 1.807) is 29.9 Å². The molecule has 3 aromatic carbocycles. The van der Waals surface area contributed by atoms with Crippen LogP contribution in [0.5, 0.6) is 5.75 Å². The number of nitro groups is 1. The maximum Gasteiger partial charge on any atom is 0.311 e. The van der Waals surface area contributed by atoms with Gasteiger partial charge in [0.2, 0.25) is 4.96 Å². The molecule has 214 valence electrons. The van der Waals surface area contributed by atoms with Gasteiger partial charge in [-0.2, -0.15) is 19.7 Å². The summed E-state index contributed by atoms with van der Waals surface area (Å²) < 4.78 is 8.51. The van der Waals surface area contributed by atoms with Crippen molar-refractivity contribution in [3.63, 3.8) is 0 Å². The Morgan fingerprint density at radius 2 is 1.79 bits per heavy atom. The van der Waals surface area contributed by atoms with Crippen LogP contribution < -0.4 is 20.4 Å². The first-order chi connectivity index (χ1) is 20.8. The molecule has 0 saturated heterocycles. The highest BCUT2D eigenvalue weighted by molar-refractivity contribution is 7.15. The highest BCUT2D eigenvalue weighted by Gasteiger charge is 2.20. The van der Waals surface area contributed by atoms with Gasteiger partial charge in [-0.15, -0.1) is 0 Å². The van der Waals surface area contributed by atoms with E-state index in [9.17, 15) is 19.7 Å².